The van der Waals surface area contributed by atoms with Crippen LogP contribution in [-0.4, -0.2) is 26.8 Å². The van der Waals surface area contributed by atoms with Crippen molar-refractivity contribution in [3.63, 3.8) is 0 Å². The van der Waals surface area contributed by atoms with Gasteiger partial charge in [-0.1, -0.05) is 12.1 Å². The molecule has 0 saturated heterocycles. The van der Waals surface area contributed by atoms with E-state index in [2.05, 4.69) is 25.6 Å². The number of pyridine rings is 1. The van der Waals surface area contributed by atoms with E-state index in [0.29, 0.717) is 16.8 Å². The largest absolute Gasteiger partial charge is 0.346 e. The van der Waals surface area contributed by atoms with Crippen LogP contribution in [0.2, 0.25) is 0 Å². The number of benzene rings is 2. The van der Waals surface area contributed by atoms with E-state index >= 15 is 0 Å². The number of hydrogen-bond donors (Lipinski definition) is 2. The summed E-state index contributed by atoms with van der Waals surface area (Å²) in [5.41, 5.74) is 2.13. The number of carbonyl (C=O) groups excluding carboxylic acids is 2. The highest BCUT2D eigenvalue weighted by Crippen LogP contribution is 2.19. The van der Waals surface area contributed by atoms with Gasteiger partial charge in [0, 0.05) is 35.9 Å². The second-order valence-corrected chi connectivity index (χ2v) is 6.42. The highest BCUT2D eigenvalue weighted by Gasteiger charge is 2.15. The molecule has 0 aliphatic heterocycles. The third kappa shape index (κ3) is 4.27. The van der Waals surface area contributed by atoms with Crippen LogP contribution in [0.5, 0.6) is 0 Å². The van der Waals surface area contributed by atoms with Crippen LogP contribution in [0.15, 0.2) is 73.2 Å². The molecule has 0 aliphatic rings. The second-order valence-electron chi connectivity index (χ2n) is 6.42. The molecule has 148 valence electrons. The standard InChI is InChI=1S/C22H16FN5O2/c23-15-11-18(20-19(12-15)25-8-9-26-20)22(30)28-16-6-3-4-14(10-16)21(29)27-13-17-5-1-2-7-24-17/h1-12H,13H2,(H,27,29)(H,28,30). The number of hydrogen-bond acceptors (Lipinski definition) is 5. The quantitative estimate of drug-likeness (QED) is 0.535. The Morgan fingerprint density at radius 1 is 0.867 bits per heavy atom. The van der Waals surface area contributed by atoms with Crippen molar-refractivity contribution in [1.82, 2.24) is 20.3 Å². The van der Waals surface area contributed by atoms with Crippen molar-refractivity contribution in [3.8, 4) is 0 Å². The van der Waals surface area contributed by atoms with Gasteiger partial charge in [-0.05, 0) is 36.4 Å². The fourth-order valence-corrected chi connectivity index (χ4v) is 2.93. The van der Waals surface area contributed by atoms with E-state index in [9.17, 15) is 14.0 Å². The molecule has 0 radical (unpaired) electrons. The minimum atomic E-state index is -0.587. The van der Waals surface area contributed by atoms with Gasteiger partial charge in [-0.3, -0.25) is 24.5 Å². The number of aromatic nitrogens is 3. The Balaban J connectivity index is 1.51. The first-order valence-electron chi connectivity index (χ1n) is 9.10. The summed E-state index contributed by atoms with van der Waals surface area (Å²) in [7, 11) is 0. The van der Waals surface area contributed by atoms with Crippen LogP contribution in [-0.2, 0) is 6.54 Å². The fourth-order valence-electron chi connectivity index (χ4n) is 2.93. The van der Waals surface area contributed by atoms with Gasteiger partial charge in [-0.15, -0.1) is 0 Å². The maximum Gasteiger partial charge on any atom is 0.258 e. The third-order valence-electron chi connectivity index (χ3n) is 4.32. The minimum absolute atomic E-state index is 0.0584. The predicted molar refractivity (Wildman–Crippen MR) is 109 cm³/mol. The minimum Gasteiger partial charge on any atom is -0.346 e. The first-order valence-corrected chi connectivity index (χ1v) is 9.10. The first-order chi connectivity index (χ1) is 14.6. The third-order valence-corrected chi connectivity index (χ3v) is 4.32. The van der Waals surface area contributed by atoms with Gasteiger partial charge in [0.1, 0.15) is 11.3 Å². The summed E-state index contributed by atoms with van der Waals surface area (Å²) in [5.74, 6) is -1.44. The molecule has 2 heterocycles. The summed E-state index contributed by atoms with van der Waals surface area (Å²) in [4.78, 5) is 37.5. The van der Waals surface area contributed by atoms with Gasteiger partial charge in [0.2, 0.25) is 0 Å². The van der Waals surface area contributed by atoms with E-state index in [4.69, 9.17) is 0 Å². The van der Waals surface area contributed by atoms with Gasteiger partial charge < -0.3 is 10.6 Å². The molecule has 4 aromatic rings. The lowest BCUT2D eigenvalue weighted by atomic mass is 10.1. The van der Waals surface area contributed by atoms with Crippen LogP contribution in [0.25, 0.3) is 11.0 Å². The van der Waals surface area contributed by atoms with Gasteiger partial charge in [0.05, 0.1) is 23.3 Å². The van der Waals surface area contributed by atoms with Gasteiger partial charge in [-0.2, -0.15) is 0 Å². The summed E-state index contributed by atoms with van der Waals surface area (Å²) in [6, 6.07) is 14.2. The van der Waals surface area contributed by atoms with E-state index in [1.807, 2.05) is 12.1 Å². The number of halogens is 1. The zero-order valence-electron chi connectivity index (χ0n) is 15.7. The van der Waals surface area contributed by atoms with Gasteiger partial charge in [-0.25, -0.2) is 4.39 Å². The van der Waals surface area contributed by atoms with Crippen LogP contribution >= 0.6 is 0 Å². The average Bonchev–Trinajstić information content (AvgIpc) is 2.77. The van der Waals surface area contributed by atoms with Gasteiger partial charge in [0.15, 0.2) is 0 Å². The highest BCUT2D eigenvalue weighted by molar-refractivity contribution is 6.11. The van der Waals surface area contributed by atoms with Gasteiger partial charge in [0.25, 0.3) is 11.8 Å². The van der Waals surface area contributed by atoms with Crippen molar-refractivity contribution < 1.29 is 14.0 Å². The Morgan fingerprint density at radius 2 is 1.73 bits per heavy atom. The topological polar surface area (TPSA) is 96.9 Å². The Labute approximate surface area is 171 Å². The smallest absolute Gasteiger partial charge is 0.258 e. The SMILES string of the molecule is O=C(NCc1ccccn1)c1cccc(NC(=O)c2cc(F)cc3nccnc23)c1. The van der Waals surface area contributed by atoms with Crippen molar-refractivity contribution in [2.45, 2.75) is 6.54 Å². The molecule has 2 amide bonds. The molecule has 4 rings (SSSR count). The first kappa shape index (κ1) is 19.1. The Hall–Kier alpha value is -4.20. The van der Waals surface area contributed by atoms with Crippen molar-refractivity contribution in [2.24, 2.45) is 0 Å². The molecule has 2 N–H and O–H groups in total. The van der Waals surface area contributed by atoms with Gasteiger partial charge >= 0.3 is 0 Å². The molecule has 0 atom stereocenters. The predicted octanol–water partition coefficient (Wildman–Crippen LogP) is 3.35. The van der Waals surface area contributed by atoms with Crippen LogP contribution in [0, 0.1) is 5.82 Å². The van der Waals surface area contributed by atoms with E-state index in [0.717, 1.165) is 11.8 Å². The summed E-state index contributed by atoms with van der Waals surface area (Å²) in [6.45, 7) is 0.282. The van der Waals surface area contributed by atoms with Crippen LogP contribution in [0.4, 0.5) is 10.1 Å². The Kier molecular flexibility index (Phi) is 5.38. The van der Waals surface area contributed by atoms with Crippen molar-refractivity contribution >= 4 is 28.5 Å². The number of amides is 2. The number of rotatable bonds is 5. The molecule has 0 bridgehead atoms. The van der Waals surface area contributed by atoms with E-state index in [1.165, 1.54) is 18.5 Å². The number of fused-ring (bicyclic) bond motifs is 1. The molecule has 8 heteroatoms. The summed E-state index contributed by atoms with van der Waals surface area (Å²) >= 11 is 0. The molecule has 0 spiro atoms. The van der Waals surface area contributed by atoms with Crippen LogP contribution in [0.3, 0.4) is 0 Å². The molecule has 7 nitrogen and oxygen atoms in total. The number of anilines is 1. The lowest BCUT2D eigenvalue weighted by Gasteiger charge is -2.09. The lowest BCUT2D eigenvalue weighted by molar-refractivity contribution is 0.0949. The second kappa shape index (κ2) is 8.44. The number of nitrogens with one attached hydrogen (secondary N) is 2. The normalized spacial score (nSPS) is 10.6. The highest BCUT2D eigenvalue weighted by atomic mass is 19.1. The Morgan fingerprint density at radius 3 is 2.57 bits per heavy atom. The monoisotopic (exact) mass is 401 g/mol. The Bertz CT molecular complexity index is 1230. The summed E-state index contributed by atoms with van der Waals surface area (Å²) in [6.07, 6.45) is 4.51. The maximum absolute atomic E-state index is 13.9. The molecular formula is C22H16FN5O2. The fraction of sp³-hybridized carbons (Fsp3) is 0.0455. The molecule has 30 heavy (non-hydrogen) atoms. The van der Waals surface area contributed by atoms with E-state index in [-0.39, 0.29) is 23.5 Å². The van der Waals surface area contributed by atoms with Crippen LogP contribution < -0.4 is 10.6 Å². The molecule has 0 unspecified atom stereocenters. The molecular weight excluding hydrogens is 385 g/mol. The summed E-state index contributed by atoms with van der Waals surface area (Å²) < 4.78 is 13.9. The van der Waals surface area contributed by atoms with E-state index < -0.39 is 11.7 Å². The average molecular weight is 401 g/mol. The zero-order chi connectivity index (χ0) is 20.9. The maximum atomic E-state index is 13.9. The van der Waals surface area contributed by atoms with Crippen LogP contribution in [0.1, 0.15) is 26.4 Å². The van der Waals surface area contributed by atoms with Crippen molar-refractivity contribution in [3.05, 3.63) is 95.8 Å². The number of nitrogens with zero attached hydrogens (tertiary/aromatic N) is 3. The molecule has 2 aromatic heterocycles. The summed E-state index contributed by atoms with van der Waals surface area (Å²) in [5, 5.41) is 5.46. The molecule has 2 aromatic carbocycles. The number of carbonyl (C=O) groups is 2. The van der Waals surface area contributed by atoms with Crippen molar-refractivity contribution in [2.75, 3.05) is 5.32 Å². The zero-order valence-corrected chi connectivity index (χ0v) is 15.7. The molecule has 0 aliphatic carbocycles. The molecule has 0 saturated carbocycles. The molecule has 0 fully saturated rings. The van der Waals surface area contributed by atoms with Crippen molar-refractivity contribution in [1.29, 1.82) is 0 Å². The lowest BCUT2D eigenvalue weighted by Crippen LogP contribution is -2.23. The van der Waals surface area contributed by atoms with E-state index in [1.54, 1.807) is 36.5 Å².